The van der Waals surface area contributed by atoms with Crippen molar-refractivity contribution in [2.75, 3.05) is 39.8 Å². The molecule has 0 unspecified atom stereocenters. The highest BCUT2D eigenvalue weighted by molar-refractivity contribution is 5.94. The second-order valence-corrected chi connectivity index (χ2v) is 8.22. The summed E-state index contributed by atoms with van der Waals surface area (Å²) in [6.07, 6.45) is 5.75. The Labute approximate surface area is 169 Å². The van der Waals surface area contributed by atoms with Crippen LogP contribution in [0.1, 0.15) is 55.5 Å². The molecule has 0 radical (unpaired) electrons. The first-order chi connectivity index (χ1) is 13.5. The molecule has 154 valence electrons. The van der Waals surface area contributed by atoms with Crippen LogP contribution in [0.4, 0.5) is 0 Å². The second-order valence-electron chi connectivity index (χ2n) is 8.22. The number of piperazine rings is 1. The monoisotopic (exact) mass is 385 g/mol. The first-order valence-corrected chi connectivity index (χ1v) is 10.9. The van der Waals surface area contributed by atoms with Gasteiger partial charge in [-0.15, -0.1) is 0 Å². The van der Waals surface area contributed by atoms with Gasteiger partial charge < -0.3 is 9.80 Å². The molecule has 1 aliphatic heterocycles. The van der Waals surface area contributed by atoms with Crippen molar-refractivity contribution < 1.29 is 9.59 Å². The number of hydrogen-bond donors (Lipinski definition) is 0. The summed E-state index contributed by atoms with van der Waals surface area (Å²) < 4.78 is 0. The van der Waals surface area contributed by atoms with E-state index in [1.807, 2.05) is 48.0 Å². The fraction of sp³-hybridized carbons (Fsp3) is 0.652. The number of benzene rings is 1. The topological polar surface area (TPSA) is 43.9 Å². The van der Waals surface area contributed by atoms with Crippen molar-refractivity contribution in [2.45, 2.75) is 52.0 Å². The minimum absolute atomic E-state index is 0.0199. The standard InChI is InChI=1S/C23H35N3O2/c1-4-18-10-12-20(13-11-18)22(27)26-16-14-25(15-17-26)21(19-8-6-7-9-19)23(28)24(3)5-2/h10-13,19,21H,4-9,14-17H2,1-3H3/t21-/m0/s1. The lowest BCUT2D eigenvalue weighted by Gasteiger charge is -2.42. The molecule has 2 fully saturated rings. The molecule has 0 bridgehead atoms. The van der Waals surface area contributed by atoms with Gasteiger partial charge in [0.05, 0.1) is 6.04 Å². The molecule has 5 heteroatoms. The summed E-state index contributed by atoms with van der Waals surface area (Å²) in [6, 6.07) is 7.94. The number of hydrogen-bond acceptors (Lipinski definition) is 3. The molecule has 2 aliphatic rings. The molecule has 1 aromatic carbocycles. The van der Waals surface area contributed by atoms with Crippen LogP contribution in [-0.2, 0) is 11.2 Å². The largest absolute Gasteiger partial charge is 0.345 e. The maximum Gasteiger partial charge on any atom is 0.253 e. The normalized spacial score (nSPS) is 19.6. The molecule has 0 N–H and O–H groups in total. The lowest BCUT2D eigenvalue weighted by molar-refractivity contribution is -0.138. The Hall–Kier alpha value is -1.88. The van der Waals surface area contributed by atoms with Gasteiger partial charge in [0.25, 0.3) is 5.91 Å². The average Bonchev–Trinajstić information content (AvgIpc) is 3.27. The van der Waals surface area contributed by atoms with Crippen LogP contribution in [0.2, 0.25) is 0 Å². The predicted octanol–water partition coefficient (Wildman–Crippen LogP) is 3.04. The van der Waals surface area contributed by atoms with Gasteiger partial charge in [0.1, 0.15) is 0 Å². The number of likely N-dealkylation sites (N-methyl/N-ethyl adjacent to an activating group) is 1. The van der Waals surface area contributed by atoms with Crippen molar-refractivity contribution in [3.63, 3.8) is 0 Å². The zero-order valence-electron chi connectivity index (χ0n) is 17.7. The quantitative estimate of drug-likeness (QED) is 0.756. The van der Waals surface area contributed by atoms with Gasteiger partial charge in [0, 0.05) is 45.3 Å². The van der Waals surface area contributed by atoms with E-state index in [2.05, 4.69) is 11.8 Å². The Kier molecular flexibility index (Phi) is 7.11. The molecule has 3 rings (SSSR count). The van der Waals surface area contributed by atoms with Crippen LogP contribution in [-0.4, -0.2) is 72.3 Å². The number of aryl methyl sites for hydroxylation is 1. The van der Waals surface area contributed by atoms with E-state index in [-0.39, 0.29) is 17.9 Å². The first kappa shape index (κ1) is 20.8. The van der Waals surface area contributed by atoms with Gasteiger partial charge in [-0.3, -0.25) is 14.5 Å². The summed E-state index contributed by atoms with van der Waals surface area (Å²) in [5.41, 5.74) is 2.01. The van der Waals surface area contributed by atoms with Crippen LogP contribution in [0.3, 0.4) is 0 Å². The number of carbonyl (C=O) groups excluding carboxylic acids is 2. The van der Waals surface area contributed by atoms with Crippen LogP contribution < -0.4 is 0 Å². The molecule has 1 heterocycles. The van der Waals surface area contributed by atoms with Crippen molar-refractivity contribution in [1.82, 2.24) is 14.7 Å². The molecular formula is C23H35N3O2. The summed E-state index contributed by atoms with van der Waals surface area (Å²) in [4.78, 5) is 32.1. The number of rotatable bonds is 6. The molecular weight excluding hydrogens is 350 g/mol. The summed E-state index contributed by atoms with van der Waals surface area (Å²) in [7, 11) is 1.91. The molecule has 5 nitrogen and oxygen atoms in total. The van der Waals surface area contributed by atoms with Gasteiger partial charge in [-0.1, -0.05) is 31.9 Å². The zero-order valence-corrected chi connectivity index (χ0v) is 17.7. The SMILES string of the molecule is CCc1ccc(C(=O)N2CCN([C@H](C(=O)N(C)CC)C3CCCC3)CC2)cc1. The highest BCUT2D eigenvalue weighted by atomic mass is 16.2. The molecule has 1 aromatic rings. The van der Waals surface area contributed by atoms with Crippen molar-refractivity contribution in [1.29, 1.82) is 0 Å². The van der Waals surface area contributed by atoms with Crippen LogP contribution in [0.15, 0.2) is 24.3 Å². The summed E-state index contributed by atoms with van der Waals surface area (Å²) in [6.45, 7) is 7.85. The van der Waals surface area contributed by atoms with Gasteiger partial charge >= 0.3 is 0 Å². The fourth-order valence-corrected chi connectivity index (χ4v) is 4.58. The predicted molar refractivity (Wildman–Crippen MR) is 112 cm³/mol. The van der Waals surface area contributed by atoms with E-state index in [0.717, 1.165) is 44.5 Å². The zero-order chi connectivity index (χ0) is 20.1. The third kappa shape index (κ3) is 4.57. The minimum Gasteiger partial charge on any atom is -0.345 e. The molecule has 2 amide bonds. The number of nitrogens with zero attached hydrogens (tertiary/aromatic N) is 3. The third-order valence-corrected chi connectivity index (χ3v) is 6.55. The van der Waals surface area contributed by atoms with Crippen molar-refractivity contribution in [3.8, 4) is 0 Å². The summed E-state index contributed by atoms with van der Waals surface area (Å²) in [5.74, 6) is 0.825. The molecule has 1 atom stereocenters. The highest BCUT2D eigenvalue weighted by Gasteiger charge is 2.38. The van der Waals surface area contributed by atoms with Crippen molar-refractivity contribution >= 4 is 11.8 Å². The molecule has 0 aromatic heterocycles. The lowest BCUT2D eigenvalue weighted by Crippen LogP contribution is -2.58. The number of amides is 2. The van der Waals surface area contributed by atoms with E-state index >= 15 is 0 Å². The first-order valence-electron chi connectivity index (χ1n) is 10.9. The molecule has 28 heavy (non-hydrogen) atoms. The van der Waals surface area contributed by atoms with E-state index in [1.54, 1.807) is 0 Å². The highest BCUT2D eigenvalue weighted by Crippen LogP contribution is 2.32. The van der Waals surface area contributed by atoms with E-state index in [4.69, 9.17) is 0 Å². The summed E-state index contributed by atoms with van der Waals surface area (Å²) in [5, 5.41) is 0. The summed E-state index contributed by atoms with van der Waals surface area (Å²) >= 11 is 0. The van der Waals surface area contributed by atoms with Crippen molar-refractivity contribution in [3.05, 3.63) is 35.4 Å². The maximum absolute atomic E-state index is 13.1. The van der Waals surface area contributed by atoms with Gasteiger partial charge in [0.15, 0.2) is 0 Å². The smallest absolute Gasteiger partial charge is 0.253 e. The Morgan fingerprint density at radius 3 is 2.18 bits per heavy atom. The minimum atomic E-state index is -0.0199. The Morgan fingerprint density at radius 2 is 1.64 bits per heavy atom. The Morgan fingerprint density at radius 1 is 1.04 bits per heavy atom. The number of carbonyl (C=O) groups is 2. The van der Waals surface area contributed by atoms with E-state index in [9.17, 15) is 9.59 Å². The maximum atomic E-state index is 13.1. The Balaban J connectivity index is 1.64. The molecule has 0 spiro atoms. The van der Waals surface area contributed by atoms with Crippen LogP contribution in [0.5, 0.6) is 0 Å². The van der Waals surface area contributed by atoms with E-state index < -0.39 is 0 Å². The van der Waals surface area contributed by atoms with E-state index in [0.29, 0.717) is 19.0 Å². The van der Waals surface area contributed by atoms with Gasteiger partial charge in [-0.2, -0.15) is 0 Å². The van der Waals surface area contributed by atoms with Crippen LogP contribution in [0.25, 0.3) is 0 Å². The molecule has 1 aliphatic carbocycles. The van der Waals surface area contributed by atoms with Gasteiger partial charge in [-0.05, 0) is 49.8 Å². The lowest BCUT2D eigenvalue weighted by atomic mass is 9.94. The van der Waals surface area contributed by atoms with Crippen molar-refractivity contribution in [2.24, 2.45) is 5.92 Å². The second kappa shape index (κ2) is 9.55. The molecule has 1 saturated heterocycles. The van der Waals surface area contributed by atoms with Gasteiger partial charge in [-0.25, -0.2) is 0 Å². The van der Waals surface area contributed by atoms with E-state index in [1.165, 1.54) is 18.4 Å². The van der Waals surface area contributed by atoms with Gasteiger partial charge in [0.2, 0.25) is 5.91 Å². The fourth-order valence-electron chi connectivity index (χ4n) is 4.58. The Bertz CT molecular complexity index is 659. The van der Waals surface area contributed by atoms with Crippen LogP contribution in [0, 0.1) is 5.92 Å². The molecule has 1 saturated carbocycles. The average molecular weight is 386 g/mol. The third-order valence-electron chi connectivity index (χ3n) is 6.55. The van der Waals surface area contributed by atoms with Crippen LogP contribution >= 0.6 is 0 Å².